The smallest absolute Gasteiger partial charge is 0.325 e. The standard InChI is InChI=1S/C32H27ClN2O5S2/c1-3-35-29-15-9-22(31(36)21-7-5-4-6-8-21)19-26(29)27-20-23(10-16-30(27)35)32(37)28(34-40-42(2,38)39)17-18-41-25-13-11-24(33)12-14-25/h4-16,19-20H,3,17-18H2,1-2H3. The third kappa shape index (κ3) is 6.59. The summed E-state index contributed by atoms with van der Waals surface area (Å²) in [6, 6.07) is 27.3. The quantitative estimate of drug-likeness (QED) is 0.0663. The van der Waals surface area contributed by atoms with Crippen molar-refractivity contribution in [3.8, 4) is 0 Å². The largest absolute Gasteiger partial charge is 0.341 e. The van der Waals surface area contributed by atoms with Crippen molar-refractivity contribution >= 4 is 72.6 Å². The van der Waals surface area contributed by atoms with Gasteiger partial charge in [-0.3, -0.25) is 13.9 Å². The van der Waals surface area contributed by atoms with E-state index in [2.05, 4.69) is 14.0 Å². The molecule has 0 fully saturated rings. The fourth-order valence-corrected chi connectivity index (χ4v) is 5.97. The van der Waals surface area contributed by atoms with E-state index >= 15 is 0 Å². The maximum atomic E-state index is 13.7. The second-order valence-corrected chi connectivity index (χ2v) is 12.8. The van der Waals surface area contributed by atoms with Crippen LogP contribution in [0.15, 0.2) is 101 Å². The second-order valence-electron chi connectivity index (χ2n) is 9.60. The van der Waals surface area contributed by atoms with Gasteiger partial charge in [-0.1, -0.05) is 47.1 Å². The van der Waals surface area contributed by atoms with E-state index in [-0.39, 0.29) is 17.9 Å². The van der Waals surface area contributed by atoms with Crippen molar-refractivity contribution in [1.29, 1.82) is 0 Å². The summed E-state index contributed by atoms with van der Waals surface area (Å²) in [6.45, 7) is 2.72. The Balaban J connectivity index is 1.51. The van der Waals surface area contributed by atoms with Crippen molar-refractivity contribution in [3.05, 3.63) is 113 Å². The molecule has 42 heavy (non-hydrogen) atoms. The molecule has 0 aliphatic heterocycles. The summed E-state index contributed by atoms with van der Waals surface area (Å²) in [5.41, 5.74) is 3.32. The van der Waals surface area contributed by atoms with Crippen LogP contribution in [0.25, 0.3) is 21.8 Å². The number of fused-ring (bicyclic) bond motifs is 3. The van der Waals surface area contributed by atoms with Gasteiger partial charge in [-0.25, -0.2) is 0 Å². The number of Topliss-reactive ketones (excluding diaryl/α,β-unsaturated/α-hetero) is 1. The minimum atomic E-state index is -3.91. The summed E-state index contributed by atoms with van der Waals surface area (Å²) in [4.78, 5) is 27.8. The third-order valence-electron chi connectivity index (χ3n) is 6.71. The maximum absolute atomic E-state index is 13.7. The van der Waals surface area contributed by atoms with E-state index in [0.29, 0.717) is 34.0 Å². The lowest BCUT2D eigenvalue weighted by Crippen LogP contribution is -2.17. The molecule has 0 N–H and O–H groups in total. The first-order valence-corrected chi connectivity index (χ1v) is 16.4. The molecule has 5 aromatic rings. The van der Waals surface area contributed by atoms with Crippen LogP contribution in [0.1, 0.15) is 39.6 Å². The third-order valence-corrected chi connectivity index (χ3v) is 8.32. The highest BCUT2D eigenvalue weighted by atomic mass is 35.5. The first-order chi connectivity index (χ1) is 20.1. The number of oxime groups is 1. The minimum Gasteiger partial charge on any atom is -0.341 e. The number of aromatic nitrogens is 1. The predicted octanol–water partition coefficient (Wildman–Crippen LogP) is 7.40. The lowest BCUT2D eigenvalue weighted by molar-refractivity contribution is 0.103. The molecule has 0 unspecified atom stereocenters. The molecule has 0 aliphatic rings. The van der Waals surface area contributed by atoms with E-state index in [1.165, 1.54) is 11.8 Å². The zero-order chi connectivity index (χ0) is 29.9. The normalized spacial score (nSPS) is 12.1. The maximum Gasteiger partial charge on any atom is 0.325 e. The predicted molar refractivity (Wildman–Crippen MR) is 169 cm³/mol. The van der Waals surface area contributed by atoms with Gasteiger partial charge in [0.05, 0.1) is 6.26 Å². The molecular formula is C32H27ClN2O5S2. The van der Waals surface area contributed by atoms with Gasteiger partial charge in [-0.05, 0) is 67.6 Å². The number of carbonyl (C=O) groups excluding carboxylic acids is 2. The Morgan fingerprint density at radius 2 is 1.48 bits per heavy atom. The molecule has 0 radical (unpaired) electrons. The molecule has 0 saturated heterocycles. The van der Waals surface area contributed by atoms with Crippen molar-refractivity contribution in [2.24, 2.45) is 5.16 Å². The summed E-state index contributed by atoms with van der Waals surface area (Å²) in [5.74, 6) is -0.0689. The number of nitrogens with zero attached hydrogens (tertiary/aromatic N) is 2. The Morgan fingerprint density at radius 3 is 2.10 bits per heavy atom. The van der Waals surface area contributed by atoms with Crippen LogP contribution in [0, 0.1) is 0 Å². The van der Waals surface area contributed by atoms with E-state index < -0.39 is 15.9 Å². The number of rotatable bonds is 11. The molecule has 0 atom stereocenters. The summed E-state index contributed by atoms with van der Waals surface area (Å²) in [6.07, 6.45) is 1.05. The Labute approximate surface area is 253 Å². The molecule has 1 aromatic heterocycles. The van der Waals surface area contributed by atoms with E-state index in [1.807, 2.05) is 61.5 Å². The molecule has 10 heteroatoms. The van der Waals surface area contributed by atoms with E-state index in [4.69, 9.17) is 11.6 Å². The lowest BCUT2D eigenvalue weighted by Gasteiger charge is -2.07. The van der Waals surface area contributed by atoms with Crippen LogP contribution < -0.4 is 0 Å². The number of aryl methyl sites for hydroxylation is 1. The van der Waals surface area contributed by atoms with Crippen molar-refractivity contribution < 1.29 is 22.3 Å². The van der Waals surface area contributed by atoms with Crippen LogP contribution in [0.5, 0.6) is 0 Å². The Kier molecular flexibility index (Phi) is 8.82. The Bertz CT molecular complexity index is 1930. The molecule has 1 heterocycles. The van der Waals surface area contributed by atoms with Gasteiger partial charge in [0.2, 0.25) is 5.78 Å². The topological polar surface area (TPSA) is 94.8 Å². The van der Waals surface area contributed by atoms with Crippen LogP contribution >= 0.6 is 23.4 Å². The Morgan fingerprint density at radius 1 is 0.857 bits per heavy atom. The van der Waals surface area contributed by atoms with Gasteiger partial charge in [-0.2, -0.15) is 8.42 Å². The second kappa shape index (κ2) is 12.5. The lowest BCUT2D eigenvalue weighted by atomic mass is 9.99. The number of benzene rings is 4. The molecule has 7 nitrogen and oxygen atoms in total. The molecule has 0 saturated carbocycles. The van der Waals surface area contributed by atoms with Crippen LogP contribution in [-0.2, 0) is 20.9 Å². The number of thioether (sulfide) groups is 1. The number of halogens is 1. The SMILES string of the molecule is CCn1c2ccc(C(=O)C(CCSc3ccc(Cl)cc3)=NOS(C)(=O)=O)cc2c2cc(C(=O)c3ccccc3)ccc21. The van der Waals surface area contributed by atoms with Gasteiger partial charge in [0, 0.05) is 67.1 Å². The number of carbonyl (C=O) groups is 2. The fourth-order valence-electron chi connectivity index (χ4n) is 4.76. The zero-order valence-electron chi connectivity index (χ0n) is 22.9. The van der Waals surface area contributed by atoms with Crippen molar-refractivity contribution in [2.75, 3.05) is 12.0 Å². The van der Waals surface area contributed by atoms with Crippen LogP contribution in [0.3, 0.4) is 0 Å². The molecule has 0 spiro atoms. The molecule has 5 rings (SSSR count). The monoisotopic (exact) mass is 618 g/mol. The first-order valence-electron chi connectivity index (χ1n) is 13.2. The van der Waals surface area contributed by atoms with Gasteiger partial charge in [-0.15, -0.1) is 11.8 Å². The molecule has 0 amide bonds. The minimum absolute atomic E-state index is 0.0135. The van der Waals surface area contributed by atoms with E-state index in [1.54, 1.807) is 36.4 Å². The van der Waals surface area contributed by atoms with Crippen molar-refractivity contribution in [2.45, 2.75) is 24.8 Å². The highest BCUT2D eigenvalue weighted by Gasteiger charge is 2.20. The molecular weight excluding hydrogens is 592 g/mol. The van der Waals surface area contributed by atoms with Crippen molar-refractivity contribution in [1.82, 2.24) is 4.57 Å². The fraction of sp³-hybridized carbons (Fsp3) is 0.156. The average molecular weight is 619 g/mol. The van der Waals surface area contributed by atoms with E-state index in [0.717, 1.165) is 33.0 Å². The number of hydrogen-bond acceptors (Lipinski definition) is 7. The number of hydrogen-bond donors (Lipinski definition) is 0. The average Bonchev–Trinajstić information content (AvgIpc) is 3.31. The van der Waals surface area contributed by atoms with Crippen LogP contribution in [0.2, 0.25) is 5.02 Å². The summed E-state index contributed by atoms with van der Waals surface area (Å²) in [7, 11) is -3.91. The van der Waals surface area contributed by atoms with Crippen LogP contribution in [0.4, 0.5) is 0 Å². The molecule has 0 aliphatic carbocycles. The highest BCUT2D eigenvalue weighted by Crippen LogP contribution is 2.32. The van der Waals surface area contributed by atoms with Crippen LogP contribution in [-0.4, -0.2) is 42.3 Å². The van der Waals surface area contributed by atoms with Gasteiger partial charge >= 0.3 is 10.1 Å². The Hall–Kier alpha value is -3.92. The van der Waals surface area contributed by atoms with Gasteiger partial charge in [0.25, 0.3) is 0 Å². The summed E-state index contributed by atoms with van der Waals surface area (Å²) in [5, 5.41) is 6.01. The summed E-state index contributed by atoms with van der Waals surface area (Å²) < 4.78 is 30.2. The van der Waals surface area contributed by atoms with E-state index in [9.17, 15) is 18.0 Å². The zero-order valence-corrected chi connectivity index (χ0v) is 25.3. The highest BCUT2D eigenvalue weighted by molar-refractivity contribution is 7.99. The number of ketones is 2. The van der Waals surface area contributed by atoms with Gasteiger partial charge in [0.15, 0.2) is 5.78 Å². The first kappa shape index (κ1) is 29.6. The van der Waals surface area contributed by atoms with Gasteiger partial charge in [0.1, 0.15) is 5.71 Å². The van der Waals surface area contributed by atoms with Crippen molar-refractivity contribution in [3.63, 3.8) is 0 Å². The summed E-state index contributed by atoms with van der Waals surface area (Å²) >= 11 is 7.45. The molecule has 4 aromatic carbocycles. The molecule has 0 bridgehead atoms. The van der Waals surface area contributed by atoms with Gasteiger partial charge < -0.3 is 4.57 Å². The molecule has 214 valence electrons.